The summed E-state index contributed by atoms with van der Waals surface area (Å²) in [5.74, 6) is -2.67. The number of rotatable bonds is 3. The molecule has 1 rings (SSSR count). The Morgan fingerprint density at radius 1 is 1.41 bits per heavy atom. The van der Waals surface area contributed by atoms with Crippen LogP contribution in [0.1, 0.15) is 13.8 Å². The highest BCUT2D eigenvalue weighted by molar-refractivity contribution is 9.10. The van der Waals surface area contributed by atoms with E-state index in [1.54, 1.807) is 0 Å². The van der Waals surface area contributed by atoms with E-state index in [-0.39, 0.29) is 5.69 Å². The van der Waals surface area contributed by atoms with E-state index in [1.165, 1.54) is 32.0 Å². The van der Waals surface area contributed by atoms with Crippen molar-refractivity contribution < 1.29 is 19.1 Å². The van der Waals surface area contributed by atoms with Crippen LogP contribution in [0.4, 0.5) is 10.1 Å². The molecule has 0 spiro atoms. The number of anilines is 1. The molecule has 0 aliphatic rings. The van der Waals surface area contributed by atoms with E-state index in [0.717, 1.165) is 0 Å². The monoisotopic (exact) mass is 303 g/mol. The van der Waals surface area contributed by atoms with Crippen molar-refractivity contribution in [1.29, 1.82) is 0 Å². The maximum absolute atomic E-state index is 13.3. The van der Waals surface area contributed by atoms with Crippen LogP contribution in [0, 0.1) is 11.2 Å². The Balaban J connectivity index is 2.96. The molecule has 1 aromatic carbocycles. The van der Waals surface area contributed by atoms with Gasteiger partial charge in [-0.25, -0.2) is 4.39 Å². The van der Waals surface area contributed by atoms with Crippen molar-refractivity contribution in [3.8, 4) is 0 Å². The van der Waals surface area contributed by atoms with Crippen molar-refractivity contribution in [2.75, 3.05) is 5.32 Å². The number of aliphatic carboxylic acids is 1. The maximum Gasteiger partial charge on any atom is 0.318 e. The van der Waals surface area contributed by atoms with Crippen LogP contribution in [0.25, 0.3) is 0 Å². The third-order valence-electron chi connectivity index (χ3n) is 2.28. The lowest BCUT2D eigenvalue weighted by Gasteiger charge is -2.18. The number of carbonyl (C=O) groups is 2. The second kappa shape index (κ2) is 4.83. The summed E-state index contributed by atoms with van der Waals surface area (Å²) in [5, 5.41) is 11.1. The Hall–Kier alpha value is -1.43. The van der Waals surface area contributed by atoms with Gasteiger partial charge in [0.2, 0.25) is 5.91 Å². The zero-order chi connectivity index (χ0) is 13.2. The summed E-state index contributed by atoms with van der Waals surface area (Å²) in [5.41, 5.74) is -1.67. The number of benzene rings is 1. The Morgan fingerprint density at radius 2 is 2.00 bits per heavy atom. The molecule has 1 aromatic rings. The quantitative estimate of drug-likeness (QED) is 0.844. The summed E-state index contributed by atoms with van der Waals surface area (Å²) in [4.78, 5) is 22.5. The van der Waals surface area contributed by atoms with Gasteiger partial charge >= 0.3 is 5.97 Å². The second-order valence-electron chi connectivity index (χ2n) is 4.01. The molecule has 17 heavy (non-hydrogen) atoms. The van der Waals surface area contributed by atoms with E-state index < -0.39 is 23.1 Å². The number of carboxylic acids is 1. The van der Waals surface area contributed by atoms with Crippen molar-refractivity contribution in [2.24, 2.45) is 5.41 Å². The van der Waals surface area contributed by atoms with Gasteiger partial charge in [0.1, 0.15) is 11.2 Å². The molecule has 0 saturated carbocycles. The topological polar surface area (TPSA) is 66.4 Å². The molecule has 0 heterocycles. The number of carbonyl (C=O) groups excluding carboxylic acids is 1. The van der Waals surface area contributed by atoms with Gasteiger partial charge in [0.25, 0.3) is 0 Å². The summed E-state index contributed by atoms with van der Waals surface area (Å²) in [6.07, 6.45) is 0. The molecular formula is C11H11BrFNO3. The number of nitrogens with one attached hydrogen (secondary N) is 1. The first-order valence-corrected chi connectivity index (χ1v) is 5.54. The van der Waals surface area contributed by atoms with Crippen molar-refractivity contribution in [3.05, 3.63) is 28.5 Å². The van der Waals surface area contributed by atoms with Crippen molar-refractivity contribution in [3.63, 3.8) is 0 Å². The van der Waals surface area contributed by atoms with Gasteiger partial charge in [-0.2, -0.15) is 0 Å². The molecule has 1 amide bonds. The zero-order valence-corrected chi connectivity index (χ0v) is 10.8. The fraction of sp³-hybridized carbons (Fsp3) is 0.273. The van der Waals surface area contributed by atoms with Crippen LogP contribution in [0.5, 0.6) is 0 Å². The lowest BCUT2D eigenvalue weighted by Crippen LogP contribution is -2.38. The van der Waals surface area contributed by atoms with Gasteiger partial charge in [-0.3, -0.25) is 9.59 Å². The first-order chi connectivity index (χ1) is 7.75. The van der Waals surface area contributed by atoms with Crippen LogP contribution in [0.15, 0.2) is 22.7 Å². The smallest absolute Gasteiger partial charge is 0.318 e. The molecular weight excluding hydrogens is 293 g/mol. The Bertz CT molecular complexity index is 474. The third-order valence-corrected chi connectivity index (χ3v) is 2.77. The van der Waals surface area contributed by atoms with E-state index in [4.69, 9.17) is 5.11 Å². The highest BCUT2D eigenvalue weighted by atomic mass is 79.9. The van der Waals surface area contributed by atoms with Gasteiger partial charge in [-0.05, 0) is 32.0 Å². The Labute approximate surface area is 106 Å². The molecule has 92 valence electrons. The first kappa shape index (κ1) is 13.6. The SMILES string of the molecule is CC(C)(C(=O)O)C(=O)Nc1cc(Br)ccc1F. The summed E-state index contributed by atoms with van der Waals surface area (Å²) < 4.78 is 13.9. The fourth-order valence-electron chi connectivity index (χ4n) is 0.969. The Kier molecular flexibility index (Phi) is 3.87. The molecule has 0 atom stereocenters. The number of hydrogen-bond donors (Lipinski definition) is 2. The zero-order valence-electron chi connectivity index (χ0n) is 9.25. The number of carboxylic acid groups (broad SMARTS) is 1. The van der Waals surface area contributed by atoms with Crippen LogP contribution in [0.2, 0.25) is 0 Å². The molecule has 0 unspecified atom stereocenters. The molecule has 0 fully saturated rings. The average molecular weight is 304 g/mol. The maximum atomic E-state index is 13.3. The van der Waals surface area contributed by atoms with Gasteiger partial charge in [-0.1, -0.05) is 15.9 Å². The molecule has 0 aliphatic carbocycles. The normalized spacial score (nSPS) is 11.1. The molecule has 0 aliphatic heterocycles. The highest BCUT2D eigenvalue weighted by Crippen LogP contribution is 2.23. The van der Waals surface area contributed by atoms with E-state index >= 15 is 0 Å². The predicted octanol–water partition coefficient (Wildman–Crippen LogP) is 2.64. The number of amides is 1. The lowest BCUT2D eigenvalue weighted by atomic mass is 9.92. The number of halogens is 2. The average Bonchev–Trinajstić information content (AvgIpc) is 2.23. The highest BCUT2D eigenvalue weighted by Gasteiger charge is 2.36. The van der Waals surface area contributed by atoms with Gasteiger partial charge in [0.05, 0.1) is 5.69 Å². The van der Waals surface area contributed by atoms with Gasteiger partial charge < -0.3 is 10.4 Å². The van der Waals surface area contributed by atoms with E-state index in [1.807, 2.05) is 0 Å². The van der Waals surface area contributed by atoms with E-state index in [9.17, 15) is 14.0 Å². The summed E-state index contributed by atoms with van der Waals surface area (Å²) in [6.45, 7) is 2.50. The molecule has 0 aromatic heterocycles. The van der Waals surface area contributed by atoms with Crippen molar-refractivity contribution in [2.45, 2.75) is 13.8 Å². The van der Waals surface area contributed by atoms with Crippen molar-refractivity contribution in [1.82, 2.24) is 0 Å². The molecule has 2 N–H and O–H groups in total. The van der Waals surface area contributed by atoms with Crippen LogP contribution >= 0.6 is 15.9 Å². The predicted molar refractivity (Wildman–Crippen MR) is 64.1 cm³/mol. The van der Waals surface area contributed by atoms with Gasteiger partial charge in [0.15, 0.2) is 0 Å². The summed E-state index contributed by atoms with van der Waals surface area (Å²) in [6, 6.07) is 4.02. The molecule has 0 saturated heterocycles. The summed E-state index contributed by atoms with van der Waals surface area (Å²) >= 11 is 3.13. The fourth-order valence-corrected chi connectivity index (χ4v) is 1.33. The molecule has 4 nitrogen and oxygen atoms in total. The Morgan fingerprint density at radius 3 is 2.53 bits per heavy atom. The first-order valence-electron chi connectivity index (χ1n) is 4.75. The van der Waals surface area contributed by atoms with Crippen LogP contribution in [-0.4, -0.2) is 17.0 Å². The largest absolute Gasteiger partial charge is 0.480 e. The number of hydrogen-bond acceptors (Lipinski definition) is 2. The standard InChI is InChI=1S/C11H11BrFNO3/c1-11(2,10(16)17)9(15)14-8-5-6(12)3-4-7(8)13/h3-5H,1-2H3,(H,14,15)(H,16,17). The third kappa shape index (κ3) is 3.03. The lowest BCUT2D eigenvalue weighted by molar-refractivity contribution is -0.151. The second-order valence-corrected chi connectivity index (χ2v) is 4.92. The summed E-state index contributed by atoms with van der Waals surface area (Å²) in [7, 11) is 0. The minimum absolute atomic E-state index is 0.0568. The molecule has 6 heteroatoms. The molecule has 0 bridgehead atoms. The van der Waals surface area contributed by atoms with Crippen LogP contribution in [0.3, 0.4) is 0 Å². The van der Waals surface area contributed by atoms with Gasteiger partial charge in [0, 0.05) is 4.47 Å². The minimum Gasteiger partial charge on any atom is -0.480 e. The molecule has 0 radical (unpaired) electrons. The van der Waals surface area contributed by atoms with Crippen molar-refractivity contribution >= 4 is 33.5 Å². The van der Waals surface area contributed by atoms with Crippen LogP contribution < -0.4 is 5.32 Å². The minimum atomic E-state index is -1.62. The van der Waals surface area contributed by atoms with Crippen LogP contribution in [-0.2, 0) is 9.59 Å². The van der Waals surface area contributed by atoms with Gasteiger partial charge in [-0.15, -0.1) is 0 Å². The van der Waals surface area contributed by atoms with E-state index in [0.29, 0.717) is 4.47 Å². The van der Waals surface area contributed by atoms with E-state index in [2.05, 4.69) is 21.2 Å².